The highest BCUT2D eigenvalue weighted by Gasteiger charge is 2.26. The normalized spacial score (nSPS) is 17.7. The van der Waals surface area contributed by atoms with Gasteiger partial charge in [0, 0.05) is 52.8 Å². The first kappa shape index (κ1) is 19.3. The third-order valence-electron chi connectivity index (χ3n) is 5.56. The van der Waals surface area contributed by atoms with Gasteiger partial charge >= 0.3 is 0 Å². The van der Waals surface area contributed by atoms with Crippen molar-refractivity contribution in [1.29, 1.82) is 0 Å². The summed E-state index contributed by atoms with van der Waals surface area (Å²) in [5.74, 6) is -0.254. The molecule has 6 heteroatoms. The highest BCUT2D eigenvalue weighted by Crippen LogP contribution is 2.33. The molecule has 0 bridgehead atoms. The average Bonchev–Trinajstić information content (AvgIpc) is 3.35. The molecule has 148 valence electrons. The molecule has 1 saturated heterocycles. The van der Waals surface area contributed by atoms with Gasteiger partial charge in [-0.05, 0) is 52.6 Å². The maximum atomic E-state index is 14.4. The Hall–Kier alpha value is -2.02. The predicted octanol–water partition coefficient (Wildman–Crippen LogP) is 4.49. The minimum absolute atomic E-state index is 0.254. The fourth-order valence-electron chi connectivity index (χ4n) is 4.00. The van der Waals surface area contributed by atoms with Crippen molar-refractivity contribution < 1.29 is 4.39 Å². The molecular formula is C22H27FN4S. The number of likely N-dealkylation sites (tertiary alicyclic amines) is 1. The Morgan fingerprint density at radius 1 is 1.25 bits per heavy atom. The predicted molar refractivity (Wildman–Crippen MR) is 114 cm³/mol. The van der Waals surface area contributed by atoms with Gasteiger partial charge in [-0.1, -0.05) is 12.1 Å². The molecule has 0 spiro atoms. The van der Waals surface area contributed by atoms with Gasteiger partial charge in [0.2, 0.25) is 0 Å². The van der Waals surface area contributed by atoms with Crippen LogP contribution in [0.15, 0.2) is 36.5 Å². The summed E-state index contributed by atoms with van der Waals surface area (Å²) < 4.78 is 16.1. The van der Waals surface area contributed by atoms with E-state index in [4.69, 9.17) is 5.10 Å². The molecule has 0 amide bonds. The number of thiophene rings is 1. The number of hydrogen-bond acceptors (Lipinski definition) is 4. The number of aromatic nitrogens is 2. The molecule has 1 atom stereocenters. The lowest BCUT2D eigenvalue weighted by molar-refractivity contribution is 0.265. The fourth-order valence-corrected chi connectivity index (χ4v) is 4.92. The van der Waals surface area contributed by atoms with Crippen LogP contribution in [-0.4, -0.2) is 52.8 Å². The van der Waals surface area contributed by atoms with Crippen molar-refractivity contribution >= 4 is 11.3 Å². The molecule has 0 radical (unpaired) electrons. The second-order valence-corrected chi connectivity index (χ2v) is 9.33. The van der Waals surface area contributed by atoms with E-state index in [9.17, 15) is 4.39 Å². The van der Waals surface area contributed by atoms with E-state index in [0.717, 1.165) is 36.5 Å². The maximum Gasteiger partial charge on any atom is 0.148 e. The van der Waals surface area contributed by atoms with Crippen molar-refractivity contribution in [2.75, 3.05) is 27.2 Å². The van der Waals surface area contributed by atoms with E-state index in [-0.39, 0.29) is 5.82 Å². The van der Waals surface area contributed by atoms with E-state index in [1.165, 1.54) is 22.2 Å². The molecule has 3 heterocycles. The van der Waals surface area contributed by atoms with Gasteiger partial charge in [0.1, 0.15) is 11.5 Å². The molecule has 28 heavy (non-hydrogen) atoms. The summed E-state index contributed by atoms with van der Waals surface area (Å²) in [5.41, 5.74) is 3.78. The monoisotopic (exact) mass is 398 g/mol. The lowest BCUT2D eigenvalue weighted by atomic mass is 10.1. The molecule has 4 rings (SSSR count). The standard InChI is InChI=1S/C22H27FN4S/c1-15-11-19(16(2)28-15)22-17(12-26-10-9-18(14-26)25(3)4)13-27(24-22)21-8-6-5-7-20(21)23/h5-8,11,13,18H,9-10,12,14H2,1-4H3/t18-/m0/s1. The summed E-state index contributed by atoms with van der Waals surface area (Å²) in [5, 5.41) is 4.83. The van der Waals surface area contributed by atoms with Crippen LogP contribution in [0, 0.1) is 19.7 Å². The highest BCUT2D eigenvalue weighted by molar-refractivity contribution is 7.12. The van der Waals surface area contributed by atoms with Crippen LogP contribution in [0.1, 0.15) is 21.7 Å². The van der Waals surface area contributed by atoms with E-state index >= 15 is 0 Å². The van der Waals surface area contributed by atoms with Crippen molar-refractivity contribution in [3.63, 3.8) is 0 Å². The van der Waals surface area contributed by atoms with E-state index < -0.39 is 0 Å². The number of nitrogens with zero attached hydrogens (tertiary/aromatic N) is 4. The van der Waals surface area contributed by atoms with Crippen molar-refractivity contribution in [2.45, 2.75) is 32.9 Å². The van der Waals surface area contributed by atoms with Crippen molar-refractivity contribution in [2.24, 2.45) is 0 Å². The second-order valence-electron chi connectivity index (χ2n) is 7.87. The third kappa shape index (κ3) is 3.77. The fraction of sp³-hybridized carbons (Fsp3) is 0.409. The van der Waals surface area contributed by atoms with Gasteiger partial charge in [0.15, 0.2) is 0 Å². The summed E-state index contributed by atoms with van der Waals surface area (Å²) >= 11 is 1.78. The molecular weight excluding hydrogens is 371 g/mol. The van der Waals surface area contributed by atoms with Crippen molar-refractivity contribution in [3.8, 4) is 16.9 Å². The summed E-state index contributed by atoms with van der Waals surface area (Å²) in [6, 6.07) is 9.61. The van der Waals surface area contributed by atoms with Crippen molar-refractivity contribution in [1.82, 2.24) is 19.6 Å². The largest absolute Gasteiger partial charge is 0.305 e. The van der Waals surface area contributed by atoms with Crippen LogP contribution in [0.25, 0.3) is 16.9 Å². The van der Waals surface area contributed by atoms with Crippen LogP contribution in [0.2, 0.25) is 0 Å². The minimum atomic E-state index is -0.254. The van der Waals surface area contributed by atoms with Gasteiger partial charge in [0.05, 0.1) is 5.69 Å². The summed E-state index contributed by atoms with van der Waals surface area (Å²) in [6.45, 7) is 7.23. The molecule has 1 fully saturated rings. The zero-order chi connectivity index (χ0) is 19.8. The third-order valence-corrected chi connectivity index (χ3v) is 6.52. The number of rotatable bonds is 5. The SMILES string of the molecule is Cc1cc(-c2nn(-c3ccccc3F)cc2CN2CC[C@H](N(C)C)C2)c(C)s1. The zero-order valence-electron chi connectivity index (χ0n) is 16.9. The first-order valence-electron chi connectivity index (χ1n) is 9.72. The zero-order valence-corrected chi connectivity index (χ0v) is 17.8. The molecule has 1 aliphatic rings. The quantitative estimate of drug-likeness (QED) is 0.633. The first-order chi connectivity index (χ1) is 13.4. The Morgan fingerprint density at radius 3 is 2.68 bits per heavy atom. The van der Waals surface area contributed by atoms with Gasteiger partial charge in [-0.25, -0.2) is 9.07 Å². The number of para-hydroxylation sites is 1. The second kappa shape index (κ2) is 7.78. The molecule has 0 N–H and O–H groups in total. The molecule has 4 nitrogen and oxygen atoms in total. The van der Waals surface area contributed by atoms with Gasteiger partial charge < -0.3 is 4.90 Å². The molecule has 1 aromatic carbocycles. The van der Waals surface area contributed by atoms with Crippen molar-refractivity contribution in [3.05, 3.63) is 57.7 Å². The van der Waals surface area contributed by atoms with E-state index in [1.54, 1.807) is 28.2 Å². The number of hydrogen-bond donors (Lipinski definition) is 0. The Bertz CT molecular complexity index is 975. The van der Waals surface area contributed by atoms with Crippen LogP contribution in [-0.2, 0) is 6.54 Å². The molecule has 0 aliphatic carbocycles. The number of halogens is 1. The molecule has 0 saturated carbocycles. The Kier molecular flexibility index (Phi) is 5.36. The average molecular weight is 399 g/mol. The van der Waals surface area contributed by atoms with Gasteiger partial charge in [-0.15, -0.1) is 11.3 Å². The minimum Gasteiger partial charge on any atom is -0.305 e. The Morgan fingerprint density at radius 2 is 2.04 bits per heavy atom. The number of aryl methyl sites for hydroxylation is 2. The van der Waals surface area contributed by atoms with E-state index in [0.29, 0.717) is 11.7 Å². The summed E-state index contributed by atoms with van der Waals surface area (Å²) in [4.78, 5) is 7.31. The van der Waals surface area contributed by atoms with Gasteiger partial charge in [-0.2, -0.15) is 5.10 Å². The smallest absolute Gasteiger partial charge is 0.148 e. The molecule has 2 aromatic heterocycles. The van der Waals surface area contributed by atoms with Crippen LogP contribution < -0.4 is 0 Å². The topological polar surface area (TPSA) is 24.3 Å². The van der Waals surface area contributed by atoms with Crippen LogP contribution in [0.5, 0.6) is 0 Å². The van der Waals surface area contributed by atoms with Gasteiger partial charge in [-0.3, -0.25) is 4.90 Å². The highest BCUT2D eigenvalue weighted by atomic mass is 32.1. The number of benzene rings is 1. The van der Waals surface area contributed by atoms with E-state index in [2.05, 4.69) is 43.8 Å². The Labute approximate surface area is 170 Å². The Balaban J connectivity index is 1.72. The lowest BCUT2D eigenvalue weighted by Gasteiger charge is -2.20. The number of likely N-dealkylation sites (N-methyl/N-ethyl adjacent to an activating group) is 1. The van der Waals surface area contributed by atoms with E-state index in [1.807, 2.05) is 12.3 Å². The first-order valence-corrected chi connectivity index (χ1v) is 10.5. The van der Waals surface area contributed by atoms with Crippen LogP contribution >= 0.6 is 11.3 Å². The molecule has 1 aliphatic heterocycles. The molecule has 3 aromatic rings. The lowest BCUT2D eigenvalue weighted by Crippen LogP contribution is -2.31. The van der Waals surface area contributed by atoms with Crippen LogP contribution in [0.3, 0.4) is 0 Å². The van der Waals surface area contributed by atoms with Gasteiger partial charge in [0.25, 0.3) is 0 Å². The summed E-state index contributed by atoms with van der Waals surface area (Å²) in [6.07, 6.45) is 3.18. The molecule has 0 unspecified atom stereocenters. The summed E-state index contributed by atoms with van der Waals surface area (Å²) in [7, 11) is 4.29. The van der Waals surface area contributed by atoms with Crippen LogP contribution in [0.4, 0.5) is 4.39 Å². The maximum absolute atomic E-state index is 14.4.